The molecule has 25 heavy (non-hydrogen) atoms. The summed E-state index contributed by atoms with van der Waals surface area (Å²) in [6, 6.07) is 9.31. The van der Waals surface area contributed by atoms with Gasteiger partial charge in [0.25, 0.3) is 0 Å². The van der Waals surface area contributed by atoms with E-state index in [1.165, 1.54) is 6.92 Å². The third kappa shape index (κ3) is 5.63. The van der Waals surface area contributed by atoms with E-state index in [4.69, 9.17) is 0 Å². The second-order valence-electron chi connectivity index (χ2n) is 5.85. The number of carbonyl (C=O) groups excluding carboxylic acids is 2. The Morgan fingerprint density at radius 1 is 1.32 bits per heavy atom. The van der Waals surface area contributed by atoms with Crippen LogP contribution in [0.5, 0.6) is 0 Å². The number of amides is 2. The summed E-state index contributed by atoms with van der Waals surface area (Å²) in [5.41, 5.74) is 2.00. The predicted octanol–water partition coefficient (Wildman–Crippen LogP) is 2.09. The highest BCUT2D eigenvalue weighted by atomic mass is 32.2. The molecule has 0 aliphatic carbocycles. The number of aromatic nitrogens is 2. The largest absolute Gasteiger partial charge is 0.345 e. The molecule has 0 fully saturated rings. The van der Waals surface area contributed by atoms with E-state index >= 15 is 0 Å². The zero-order chi connectivity index (χ0) is 18.2. The van der Waals surface area contributed by atoms with Crippen LogP contribution in [0.2, 0.25) is 0 Å². The van der Waals surface area contributed by atoms with Crippen LogP contribution in [0.25, 0.3) is 5.69 Å². The molecule has 0 aliphatic heterocycles. The molecule has 1 heterocycles. The van der Waals surface area contributed by atoms with Gasteiger partial charge in [0.05, 0.1) is 5.69 Å². The first kappa shape index (κ1) is 19.1. The van der Waals surface area contributed by atoms with E-state index in [-0.39, 0.29) is 11.8 Å². The minimum absolute atomic E-state index is 0.0691. The van der Waals surface area contributed by atoms with E-state index in [1.807, 2.05) is 42.8 Å². The second-order valence-corrected chi connectivity index (χ2v) is 6.83. The summed E-state index contributed by atoms with van der Waals surface area (Å²) < 4.78 is 1.79. The third-order valence-electron chi connectivity index (χ3n) is 3.79. The molecule has 1 N–H and O–H groups in total. The normalized spacial score (nSPS) is 11.8. The van der Waals surface area contributed by atoms with Crippen molar-refractivity contribution in [2.75, 3.05) is 19.1 Å². The Morgan fingerprint density at radius 2 is 2.04 bits per heavy atom. The van der Waals surface area contributed by atoms with Crippen molar-refractivity contribution in [2.24, 2.45) is 0 Å². The van der Waals surface area contributed by atoms with Gasteiger partial charge in [0, 0.05) is 32.9 Å². The molecule has 134 valence electrons. The highest BCUT2D eigenvalue weighted by Gasteiger charge is 2.22. The van der Waals surface area contributed by atoms with Gasteiger partial charge in [-0.1, -0.05) is 12.1 Å². The smallest absolute Gasteiger partial charge is 0.245 e. The van der Waals surface area contributed by atoms with Gasteiger partial charge in [0.1, 0.15) is 6.04 Å². The van der Waals surface area contributed by atoms with Crippen LogP contribution in [-0.2, 0) is 16.1 Å². The fraction of sp³-hybridized carbons (Fsp3) is 0.389. The number of hydrogen-bond donors (Lipinski definition) is 1. The molecule has 2 amide bonds. The van der Waals surface area contributed by atoms with Crippen LogP contribution in [0, 0.1) is 0 Å². The van der Waals surface area contributed by atoms with Crippen LogP contribution in [0.4, 0.5) is 0 Å². The molecule has 6 nitrogen and oxygen atoms in total. The Bertz CT molecular complexity index is 686. The van der Waals surface area contributed by atoms with Crippen molar-refractivity contribution in [2.45, 2.75) is 25.9 Å². The van der Waals surface area contributed by atoms with Gasteiger partial charge < -0.3 is 10.2 Å². The lowest BCUT2D eigenvalue weighted by molar-refractivity contribution is -0.135. The van der Waals surface area contributed by atoms with Crippen molar-refractivity contribution < 1.29 is 9.59 Å². The molecule has 0 aliphatic rings. The maximum Gasteiger partial charge on any atom is 0.245 e. The number of likely N-dealkylation sites (N-methyl/N-ethyl adjacent to an activating group) is 1. The van der Waals surface area contributed by atoms with Gasteiger partial charge in [-0.2, -0.15) is 16.9 Å². The zero-order valence-corrected chi connectivity index (χ0v) is 15.6. The van der Waals surface area contributed by atoms with Gasteiger partial charge >= 0.3 is 0 Å². The van der Waals surface area contributed by atoms with Gasteiger partial charge in [0.15, 0.2) is 0 Å². The van der Waals surface area contributed by atoms with Crippen LogP contribution in [0.15, 0.2) is 42.7 Å². The molecule has 0 unspecified atom stereocenters. The Kier molecular flexibility index (Phi) is 7.06. The molecule has 0 radical (unpaired) electrons. The third-order valence-corrected chi connectivity index (χ3v) is 4.43. The van der Waals surface area contributed by atoms with Crippen molar-refractivity contribution >= 4 is 23.6 Å². The number of rotatable bonds is 8. The first-order chi connectivity index (χ1) is 12.0. The minimum Gasteiger partial charge on any atom is -0.345 e. The Morgan fingerprint density at radius 3 is 2.60 bits per heavy atom. The van der Waals surface area contributed by atoms with Gasteiger partial charge in [-0.3, -0.25) is 9.59 Å². The van der Waals surface area contributed by atoms with Crippen LogP contribution in [0.1, 0.15) is 18.9 Å². The van der Waals surface area contributed by atoms with Gasteiger partial charge in [-0.25, -0.2) is 4.68 Å². The monoisotopic (exact) mass is 360 g/mol. The molecule has 2 rings (SSSR count). The minimum atomic E-state index is -0.474. The average molecular weight is 360 g/mol. The summed E-state index contributed by atoms with van der Waals surface area (Å²) in [6.45, 7) is 1.93. The standard InChI is InChI=1S/C18H24N4O2S/c1-14(23)20-17(9-12-25-3)18(24)21(2)13-15-5-7-16(8-6-15)22-11-4-10-19-22/h4-8,10-11,17H,9,12-13H2,1-3H3,(H,20,23)/t17-/m0/s1. The van der Waals surface area contributed by atoms with Crippen molar-refractivity contribution in [3.05, 3.63) is 48.3 Å². The molecule has 1 aromatic heterocycles. The van der Waals surface area contributed by atoms with Crippen molar-refractivity contribution in [3.8, 4) is 5.69 Å². The lowest BCUT2D eigenvalue weighted by atomic mass is 10.1. The van der Waals surface area contributed by atoms with E-state index in [2.05, 4.69) is 10.4 Å². The topological polar surface area (TPSA) is 67.2 Å². The lowest BCUT2D eigenvalue weighted by Crippen LogP contribution is -2.46. The van der Waals surface area contributed by atoms with Gasteiger partial charge in [-0.15, -0.1) is 0 Å². The first-order valence-corrected chi connectivity index (χ1v) is 9.50. The van der Waals surface area contributed by atoms with Crippen LogP contribution in [0.3, 0.4) is 0 Å². The number of thioether (sulfide) groups is 1. The summed E-state index contributed by atoms with van der Waals surface area (Å²) >= 11 is 1.66. The average Bonchev–Trinajstić information content (AvgIpc) is 3.13. The molecule has 2 aromatic rings. The molecular weight excluding hydrogens is 336 g/mol. The number of carbonyl (C=O) groups is 2. The fourth-order valence-corrected chi connectivity index (χ4v) is 3.00. The zero-order valence-electron chi connectivity index (χ0n) is 14.8. The quantitative estimate of drug-likeness (QED) is 0.783. The van der Waals surface area contributed by atoms with E-state index in [9.17, 15) is 9.59 Å². The summed E-state index contributed by atoms with van der Waals surface area (Å²) in [5.74, 6) is 0.570. The molecule has 1 aromatic carbocycles. The first-order valence-electron chi connectivity index (χ1n) is 8.11. The molecule has 7 heteroatoms. The fourth-order valence-electron chi connectivity index (χ4n) is 2.53. The van der Waals surface area contributed by atoms with E-state index in [0.29, 0.717) is 13.0 Å². The summed E-state index contributed by atoms with van der Waals surface area (Å²) in [5, 5.41) is 6.95. The number of hydrogen-bond acceptors (Lipinski definition) is 4. The molecule has 0 saturated carbocycles. The number of nitrogens with one attached hydrogen (secondary N) is 1. The molecule has 1 atom stereocenters. The summed E-state index contributed by atoms with van der Waals surface area (Å²) in [4.78, 5) is 25.6. The van der Waals surface area contributed by atoms with E-state index in [1.54, 1.807) is 34.6 Å². The molecule has 0 spiro atoms. The van der Waals surface area contributed by atoms with E-state index in [0.717, 1.165) is 17.0 Å². The Balaban J connectivity index is 2.00. The van der Waals surface area contributed by atoms with Gasteiger partial charge in [0.2, 0.25) is 11.8 Å². The van der Waals surface area contributed by atoms with Crippen LogP contribution < -0.4 is 5.32 Å². The Hall–Kier alpha value is -2.28. The van der Waals surface area contributed by atoms with Crippen molar-refractivity contribution in [1.82, 2.24) is 20.0 Å². The SMILES string of the molecule is CSCC[C@H](NC(C)=O)C(=O)N(C)Cc1ccc(-n2cccn2)cc1. The highest BCUT2D eigenvalue weighted by molar-refractivity contribution is 7.98. The maximum atomic E-state index is 12.6. The maximum absolute atomic E-state index is 12.6. The van der Waals surface area contributed by atoms with Crippen LogP contribution in [-0.4, -0.2) is 51.6 Å². The highest BCUT2D eigenvalue weighted by Crippen LogP contribution is 2.12. The number of benzene rings is 1. The summed E-state index contributed by atoms with van der Waals surface area (Å²) in [6.07, 6.45) is 6.23. The van der Waals surface area contributed by atoms with E-state index < -0.39 is 6.04 Å². The molecule has 0 bridgehead atoms. The van der Waals surface area contributed by atoms with Crippen LogP contribution >= 0.6 is 11.8 Å². The lowest BCUT2D eigenvalue weighted by Gasteiger charge is -2.24. The molecular formula is C18H24N4O2S. The van der Waals surface area contributed by atoms with Crippen molar-refractivity contribution in [3.63, 3.8) is 0 Å². The predicted molar refractivity (Wildman–Crippen MR) is 101 cm³/mol. The number of nitrogens with zero attached hydrogens (tertiary/aromatic N) is 3. The van der Waals surface area contributed by atoms with Gasteiger partial charge in [-0.05, 0) is 42.2 Å². The van der Waals surface area contributed by atoms with Crippen molar-refractivity contribution in [1.29, 1.82) is 0 Å². The second kappa shape index (κ2) is 9.27. The molecule has 0 saturated heterocycles. The Labute approximate surface area is 152 Å². The summed E-state index contributed by atoms with van der Waals surface area (Å²) in [7, 11) is 1.76.